The zero-order valence-corrected chi connectivity index (χ0v) is 18.0. The van der Waals surface area contributed by atoms with Crippen LogP contribution in [0, 0.1) is 17.0 Å². The molecule has 0 fully saturated rings. The predicted molar refractivity (Wildman–Crippen MR) is 114 cm³/mol. The van der Waals surface area contributed by atoms with Crippen LogP contribution in [0.4, 0.5) is 14.5 Å². The zero-order valence-electron chi connectivity index (χ0n) is 16.4. The molecule has 2 aromatic heterocycles. The van der Waals surface area contributed by atoms with Gasteiger partial charge in [0.05, 0.1) is 21.5 Å². The summed E-state index contributed by atoms with van der Waals surface area (Å²) in [5, 5.41) is 13.0. The SMILES string of the molecule is Cc1csc(Sc2ccc([N+](=O)[O-])cc2C(=O)OCc2nc3ccccc3n2C(F)F)n1. The van der Waals surface area contributed by atoms with Crippen molar-refractivity contribution in [3.05, 3.63) is 75.0 Å². The summed E-state index contributed by atoms with van der Waals surface area (Å²) in [5.74, 6) is -1.03. The second kappa shape index (κ2) is 9.01. The molecule has 0 saturated carbocycles. The summed E-state index contributed by atoms with van der Waals surface area (Å²) in [6.45, 7) is -1.59. The minimum Gasteiger partial charge on any atom is -0.454 e. The lowest BCUT2D eigenvalue weighted by Gasteiger charge is -2.10. The Kier molecular flexibility index (Phi) is 6.15. The number of hydrogen-bond acceptors (Lipinski definition) is 8. The number of rotatable bonds is 7. The first-order valence-electron chi connectivity index (χ1n) is 9.13. The van der Waals surface area contributed by atoms with Crippen LogP contribution < -0.4 is 0 Å². The number of esters is 1. The molecular weight excluding hydrogens is 462 g/mol. The number of carbonyl (C=O) groups is 1. The van der Waals surface area contributed by atoms with E-state index in [9.17, 15) is 23.7 Å². The molecule has 0 atom stereocenters. The molecule has 0 aliphatic rings. The van der Waals surface area contributed by atoms with Crippen LogP contribution >= 0.6 is 23.1 Å². The number of hydrogen-bond donors (Lipinski definition) is 0. The Bertz CT molecular complexity index is 1320. The van der Waals surface area contributed by atoms with Crippen LogP contribution in [0.5, 0.6) is 0 Å². The van der Waals surface area contributed by atoms with E-state index in [1.807, 2.05) is 12.3 Å². The first kappa shape index (κ1) is 21.8. The standard InChI is InChI=1S/C20H14F2N4O4S2/c1-11-10-31-20(23-11)32-16-7-6-12(26(28)29)8-13(16)18(27)30-9-17-24-14-4-2-3-5-15(14)25(17)19(21)22/h2-8,10,19H,9H2,1H3. The van der Waals surface area contributed by atoms with Crippen molar-refractivity contribution >= 4 is 45.8 Å². The largest absolute Gasteiger partial charge is 0.454 e. The van der Waals surface area contributed by atoms with Crippen LogP contribution in [0.15, 0.2) is 57.1 Å². The van der Waals surface area contributed by atoms with Gasteiger partial charge in [0.2, 0.25) is 0 Å². The average molecular weight is 476 g/mol. The van der Waals surface area contributed by atoms with Gasteiger partial charge in [-0.2, -0.15) is 8.78 Å². The van der Waals surface area contributed by atoms with Crippen LogP contribution in [0.1, 0.15) is 28.4 Å². The second-order valence-corrected chi connectivity index (χ2v) is 8.68. The fourth-order valence-electron chi connectivity index (χ4n) is 2.98. The molecule has 32 heavy (non-hydrogen) atoms. The summed E-state index contributed by atoms with van der Waals surface area (Å²) in [5.41, 5.74) is 0.992. The molecule has 0 unspecified atom stereocenters. The lowest BCUT2D eigenvalue weighted by molar-refractivity contribution is -0.384. The fourth-order valence-corrected chi connectivity index (χ4v) is 4.87. The maximum absolute atomic E-state index is 13.6. The van der Waals surface area contributed by atoms with Gasteiger partial charge >= 0.3 is 12.5 Å². The Morgan fingerprint density at radius 2 is 2.06 bits per heavy atom. The molecular formula is C20H14F2N4O4S2. The molecule has 0 spiro atoms. The molecule has 0 amide bonds. The Balaban J connectivity index is 1.63. The molecule has 0 radical (unpaired) electrons. The third-order valence-electron chi connectivity index (χ3n) is 4.39. The zero-order chi connectivity index (χ0) is 22.8. The summed E-state index contributed by atoms with van der Waals surface area (Å²) >= 11 is 2.52. The Morgan fingerprint density at radius 1 is 1.28 bits per heavy atom. The number of fused-ring (bicyclic) bond motifs is 1. The molecule has 0 N–H and O–H groups in total. The molecule has 0 aliphatic heterocycles. The van der Waals surface area contributed by atoms with Crippen LogP contribution in [0.25, 0.3) is 11.0 Å². The molecule has 12 heteroatoms. The van der Waals surface area contributed by atoms with Crippen molar-refractivity contribution in [3.63, 3.8) is 0 Å². The van der Waals surface area contributed by atoms with Gasteiger partial charge in [-0.3, -0.25) is 14.7 Å². The van der Waals surface area contributed by atoms with Gasteiger partial charge in [0.25, 0.3) is 5.69 Å². The number of aryl methyl sites for hydroxylation is 1. The second-order valence-electron chi connectivity index (χ2n) is 6.53. The van der Waals surface area contributed by atoms with Crippen LogP contribution in [0.2, 0.25) is 0 Å². The molecule has 2 heterocycles. The molecule has 0 saturated heterocycles. The van der Waals surface area contributed by atoms with Gasteiger partial charge in [-0.15, -0.1) is 11.3 Å². The summed E-state index contributed by atoms with van der Waals surface area (Å²) < 4.78 is 33.7. The highest BCUT2D eigenvalue weighted by Crippen LogP contribution is 2.35. The number of carbonyl (C=O) groups excluding carboxylic acids is 1. The van der Waals surface area contributed by atoms with Gasteiger partial charge in [-0.1, -0.05) is 23.9 Å². The highest BCUT2D eigenvalue weighted by molar-refractivity contribution is 8.01. The van der Waals surface area contributed by atoms with Gasteiger partial charge in [0.15, 0.2) is 10.2 Å². The lowest BCUT2D eigenvalue weighted by atomic mass is 10.2. The van der Waals surface area contributed by atoms with E-state index in [0.29, 0.717) is 19.3 Å². The molecule has 8 nitrogen and oxygen atoms in total. The minimum absolute atomic E-state index is 0.0586. The Hall–Kier alpha value is -3.38. The van der Waals surface area contributed by atoms with E-state index in [-0.39, 0.29) is 22.6 Å². The first-order valence-corrected chi connectivity index (χ1v) is 10.8. The highest BCUT2D eigenvalue weighted by atomic mass is 32.2. The number of nitro benzene ring substituents is 1. The van der Waals surface area contributed by atoms with Crippen LogP contribution in [-0.4, -0.2) is 25.4 Å². The molecule has 2 aromatic carbocycles. The van der Waals surface area contributed by atoms with Crippen LogP contribution in [-0.2, 0) is 11.3 Å². The van der Waals surface area contributed by atoms with E-state index in [4.69, 9.17) is 4.74 Å². The van der Waals surface area contributed by atoms with Crippen molar-refractivity contribution in [1.29, 1.82) is 0 Å². The van der Waals surface area contributed by atoms with E-state index in [1.165, 1.54) is 29.5 Å². The van der Waals surface area contributed by atoms with Crippen molar-refractivity contribution in [2.45, 2.75) is 29.3 Å². The Labute approximate surface area is 188 Å². The molecule has 0 bridgehead atoms. The van der Waals surface area contributed by atoms with E-state index >= 15 is 0 Å². The van der Waals surface area contributed by atoms with Crippen molar-refractivity contribution in [2.24, 2.45) is 0 Å². The number of alkyl halides is 2. The molecule has 0 aliphatic carbocycles. The normalized spacial score (nSPS) is 11.2. The molecule has 4 aromatic rings. The third kappa shape index (κ3) is 4.46. The third-order valence-corrected chi connectivity index (χ3v) is 6.52. The van der Waals surface area contributed by atoms with Crippen molar-refractivity contribution in [3.8, 4) is 0 Å². The molecule has 164 valence electrons. The van der Waals surface area contributed by atoms with Gasteiger partial charge < -0.3 is 4.74 Å². The van der Waals surface area contributed by atoms with E-state index in [2.05, 4.69) is 9.97 Å². The number of halogens is 2. The number of nitrogens with zero attached hydrogens (tertiary/aromatic N) is 4. The van der Waals surface area contributed by atoms with Gasteiger partial charge in [0, 0.05) is 28.1 Å². The monoisotopic (exact) mass is 476 g/mol. The number of aromatic nitrogens is 3. The number of thiazole rings is 1. The van der Waals surface area contributed by atoms with Crippen molar-refractivity contribution < 1.29 is 23.2 Å². The average Bonchev–Trinajstić information content (AvgIpc) is 3.34. The quantitative estimate of drug-likeness (QED) is 0.194. The smallest absolute Gasteiger partial charge is 0.339 e. The topological polar surface area (TPSA) is 100 Å². The predicted octanol–water partition coefficient (Wildman–Crippen LogP) is 5.61. The highest BCUT2D eigenvalue weighted by Gasteiger charge is 2.22. The van der Waals surface area contributed by atoms with Crippen molar-refractivity contribution in [1.82, 2.24) is 14.5 Å². The van der Waals surface area contributed by atoms with E-state index in [0.717, 1.165) is 23.5 Å². The number of non-ortho nitro benzene ring substituents is 1. The van der Waals surface area contributed by atoms with Gasteiger partial charge in [-0.05, 0) is 25.1 Å². The minimum atomic E-state index is -2.88. The van der Waals surface area contributed by atoms with Crippen molar-refractivity contribution in [2.75, 3.05) is 0 Å². The maximum Gasteiger partial charge on any atom is 0.339 e. The number of benzene rings is 2. The van der Waals surface area contributed by atoms with E-state index < -0.39 is 24.0 Å². The van der Waals surface area contributed by atoms with E-state index in [1.54, 1.807) is 18.2 Å². The summed E-state index contributed by atoms with van der Waals surface area (Å²) in [4.78, 5) is 32.2. The fraction of sp³-hybridized carbons (Fsp3) is 0.150. The summed E-state index contributed by atoms with van der Waals surface area (Å²) in [6.07, 6.45) is 0. The first-order chi connectivity index (χ1) is 15.3. The van der Waals surface area contributed by atoms with Gasteiger partial charge in [0.1, 0.15) is 6.61 Å². The van der Waals surface area contributed by atoms with Crippen LogP contribution in [0.3, 0.4) is 0 Å². The Morgan fingerprint density at radius 3 is 2.75 bits per heavy atom. The van der Waals surface area contributed by atoms with Gasteiger partial charge in [-0.25, -0.2) is 14.8 Å². The number of imidazole rings is 1. The molecule has 4 rings (SSSR count). The number of ether oxygens (including phenoxy) is 1. The maximum atomic E-state index is 13.6. The lowest BCUT2D eigenvalue weighted by Crippen LogP contribution is -2.11. The summed E-state index contributed by atoms with van der Waals surface area (Å²) in [6, 6.07) is 10.1. The number of nitro groups is 1. The summed E-state index contributed by atoms with van der Waals surface area (Å²) in [7, 11) is 0. The number of para-hydroxylation sites is 2.